The van der Waals surface area contributed by atoms with Gasteiger partial charge in [-0.3, -0.25) is 5.10 Å². The highest BCUT2D eigenvalue weighted by molar-refractivity contribution is 5.38. The molecule has 1 heterocycles. The lowest BCUT2D eigenvalue weighted by Gasteiger charge is -1.96. The molecule has 1 saturated carbocycles. The summed E-state index contributed by atoms with van der Waals surface area (Å²) in [5.41, 5.74) is 8.12. The second-order valence-corrected chi connectivity index (χ2v) is 4.11. The van der Waals surface area contributed by atoms with Gasteiger partial charge in [-0.15, -0.1) is 0 Å². The smallest absolute Gasteiger partial charge is 0.119 e. The SMILES string of the molecule is Nc1cc([C@H]2C[C@@H]2c2ccccc2)n[nH]1. The van der Waals surface area contributed by atoms with E-state index < -0.39 is 0 Å². The van der Waals surface area contributed by atoms with E-state index in [-0.39, 0.29) is 0 Å². The number of anilines is 1. The third-order valence-electron chi connectivity index (χ3n) is 3.02. The average molecular weight is 199 g/mol. The molecule has 2 aromatic rings. The summed E-state index contributed by atoms with van der Waals surface area (Å²) in [5, 5.41) is 6.99. The molecule has 3 rings (SSSR count). The largest absolute Gasteiger partial charge is 0.384 e. The Balaban J connectivity index is 1.80. The molecular formula is C12H13N3. The first-order valence-corrected chi connectivity index (χ1v) is 5.20. The van der Waals surface area contributed by atoms with E-state index in [0.717, 1.165) is 5.69 Å². The highest BCUT2D eigenvalue weighted by Gasteiger charge is 2.40. The third-order valence-corrected chi connectivity index (χ3v) is 3.02. The number of nitrogens with one attached hydrogen (secondary N) is 1. The first-order valence-electron chi connectivity index (χ1n) is 5.20. The molecule has 15 heavy (non-hydrogen) atoms. The van der Waals surface area contributed by atoms with E-state index in [9.17, 15) is 0 Å². The number of aromatic amines is 1. The Morgan fingerprint density at radius 1 is 1.20 bits per heavy atom. The lowest BCUT2D eigenvalue weighted by atomic mass is 10.1. The molecule has 0 bridgehead atoms. The molecule has 0 spiro atoms. The normalized spacial score (nSPS) is 24.0. The van der Waals surface area contributed by atoms with Crippen LogP contribution in [0.15, 0.2) is 36.4 Å². The molecule has 1 aromatic heterocycles. The maximum Gasteiger partial charge on any atom is 0.119 e. The molecule has 2 atom stereocenters. The van der Waals surface area contributed by atoms with Gasteiger partial charge >= 0.3 is 0 Å². The van der Waals surface area contributed by atoms with E-state index in [0.29, 0.717) is 17.7 Å². The molecule has 1 aliphatic rings. The molecule has 0 unspecified atom stereocenters. The third kappa shape index (κ3) is 1.50. The maximum absolute atomic E-state index is 5.61. The van der Waals surface area contributed by atoms with Gasteiger partial charge in [-0.05, 0) is 17.9 Å². The predicted molar refractivity (Wildman–Crippen MR) is 59.5 cm³/mol. The van der Waals surface area contributed by atoms with Crippen molar-refractivity contribution in [3.05, 3.63) is 47.7 Å². The van der Waals surface area contributed by atoms with Crippen molar-refractivity contribution >= 4 is 5.82 Å². The molecular weight excluding hydrogens is 186 g/mol. The van der Waals surface area contributed by atoms with Crippen molar-refractivity contribution in [1.82, 2.24) is 10.2 Å². The van der Waals surface area contributed by atoms with Crippen molar-refractivity contribution < 1.29 is 0 Å². The topological polar surface area (TPSA) is 54.7 Å². The van der Waals surface area contributed by atoms with Crippen LogP contribution in [0, 0.1) is 0 Å². The van der Waals surface area contributed by atoms with E-state index >= 15 is 0 Å². The maximum atomic E-state index is 5.61. The molecule has 3 nitrogen and oxygen atoms in total. The van der Waals surface area contributed by atoms with Crippen molar-refractivity contribution in [2.24, 2.45) is 0 Å². The number of hydrogen-bond acceptors (Lipinski definition) is 2. The number of H-pyrrole nitrogens is 1. The van der Waals surface area contributed by atoms with E-state index in [2.05, 4.69) is 34.5 Å². The number of aromatic nitrogens is 2. The molecule has 3 N–H and O–H groups in total. The summed E-state index contributed by atoms with van der Waals surface area (Å²) in [5.74, 6) is 1.85. The predicted octanol–water partition coefficient (Wildman–Crippen LogP) is 2.26. The Morgan fingerprint density at radius 2 is 2.00 bits per heavy atom. The van der Waals surface area contributed by atoms with Crippen LogP contribution >= 0.6 is 0 Å². The van der Waals surface area contributed by atoms with E-state index in [1.54, 1.807) is 0 Å². The number of nitrogens with two attached hydrogens (primary N) is 1. The molecule has 0 radical (unpaired) electrons. The van der Waals surface area contributed by atoms with Crippen molar-refractivity contribution in [3.8, 4) is 0 Å². The standard InChI is InChI=1S/C12H13N3/c13-12-7-11(14-15-12)10-6-9(10)8-4-2-1-3-5-8/h1-5,7,9-10H,6H2,(H3,13,14,15)/t9-,10+/m1/s1. The van der Waals surface area contributed by atoms with Gasteiger partial charge in [0.15, 0.2) is 0 Å². The lowest BCUT2D eigenvalue weighted by Crippen LogP contribution is -1.84. The Kier molecular flexibility index (Phi) is 1.78. The Bertz CT molecular complexity index is 461. The highest BCUT2D eigenvalue weighted by Crippen LogP contribution is 2.54. The number of benzene rings is 1. The van der Waals surface area contributed by atoms with E-state index in [4.69, 9.17) is 5.73 Å². The summed E-state index contributed by atoms with van der Waals surface area (Å²) in [6, 6.07) is 12.5. The van der Waals surface area contributed by atoms with Crippen molar-refractivity contribution in [2.45, 2.75) is 18.3 Å². The van der Waals surface area contributed by atoms with Gasteiger partial charge in [-0.1, -0.05) is 30.3 Å². The van der Waals surface area contributed by atoms with E-state index in [1.165, 1.54) is 12.0 Å². The van der Waals surface area contributed by atoms with Crippen LogP contribution in [0.2, 0.25) is 0 Å². The number of hydrogen-bond donors (Lipinski definition) is 2. The minimum atomic E-state index is 0.556. The number of nitrogens with zero attached hydrogens (tertiary/aromatic N) is 1. The van der Waals surface area contributed by atoms with Crippen LogP contribution in [-0.4, -0.2) is 10.2 Å². The average Bonchev–Trinajstić information content (AvgIpc) is 2.96. The molecule has 76 valence electrons. The zero-order valence-electron chi connectivity index (χ0n) is 8.35. The fourth-order valence-corrected chi connectivity index (χ4v) is 2.13. The van der Waals surface area contributed by atoms with Crippen LogP contribution in [0.3, 0.4) is 0 Å². The first kappa shape index (κ1) is 8.53. The van der Waals surface area contributed by atoms with Crippen molar-refractivity contribution in [1.29, 1.82) is 0 Å². The van der Waals surface area contributed by atoms with Crippen LogP contribution < -0.4 is 5.73 Å². The summed E-state index contributed by atoms with van der Waals surface area (Å²) in [7, 11) is 0. The fraction of sp³-hybridized carbons (Fsp3) is 0.250. The second kappa shape index (κ2) is 3.12. The van der Waals surface area contributed by atoms with Crippen LogP contribution in [0.5, 0.6) is 0 Å². The highest BCUT2D eigenvalue weighted by atomic mass is 15.2. The van der Waals surface area contributed by atoms with Crippen LogP contribution in [0.25, 0.3) is 0 Å². The van der Waals surface area contributed by atoms with Gasteiger partial charge in [0.2, 0.25) is 0 Å². The summed E-state index contributed by atoms with van der Waals surface area (Å²) in [6.07, 6.45) is 1.19. The first-order chi connectivity index (χ1) is 7.34. The van der Waals surface area contributed by atoms with Gasteiger partial charge in [0.25, 0.3) is 0 Å². The summed E-state index contributed by atoms with van der Waals surface area (Å²) < 4.78 is 0. The summed E-state index contributed by atoms with van der Waals surface area (Å²) in [6.45, 7) is 0. The van der Waals surface area contributed by atoms with Gasteiger partial charge in [-0.25, -0.2) is 0 Å². The molecule has 0 amide bonds. The molecule has 1 aromatic carbocycles. The number of nitrogen functional groups attached to an aromatic ring is 1. The molecule has 1 fully saturated rings. The number of rotatable bonds is 2. The molecule has 3 heteroatoms. The minimum Gasteiger partial charge on any atom is -0.384 e. The Labute approximate surface area is 88.3 Å². The van der Waals surface area contributed by atoms with Crippen LogP contribution in [0.1, 0.15) is 29.5 Å². The minimum absolute atomic E-state index is 0.556. The summed E-state index contributed by atoms with van der Waals surface area (Å²) >= 11 is 0. The fourth-order valence-electron chi connectivity index (χ4n) is 2.13. The van der Waals surface area contributed by atoms with Gasteiger partial charge < -0.3 is 5.73 Å². The van der Waals surface area contributed by atoms with Crippen molar-refractivity contribution in [2.75, 3.05) is 5.73 Å². The monoisotopic (exact) mass is 199 g/mol. The quantitative estimate of drug-likeness (QED) is 0.779. The Hall–Kier alpha value is -1.77. The molecule has 0 saturated heterocycles. The second-order valence-electron chi connectivity index (χ2n) is 4.11. The molecule has 0 aliphatic heterocycles. The summed E-state index contributed by atoms with van der Waals surface area (Å²) in [4.78, 5) is 0. The zero-order chi connectivity index (χ0) is 10.3. The zero-order valence-corrected chi connectivity index (χ0v) is 8.35. The van der Waals surface area contributed by atoms with Gasteiger partial charge in [0.1, 0.15) is 5.82 Å². The van der Waals surface area contributed by atoms with Gasteiger partial charge in [0, 0.05) is 12.0 Å². The van der Waals surface area contributed by atoms with E-state index in [1.807, 2.05) is 12.1 Å². The molecule has 1 aliphatic carbocycles. The van der Waals surface area contributed by atoms with Crippen LogP contribution in [-0.2, 0) is 0 Å². The van der Waals surface area contributed by atoms with Gasteiger partial charge in [0.05, 0.1) is 5.69 Å². The van der Waals surface area contributed by atoms with Crippen LogP contribution in [0.4, 0.5) is 5.82 Å². The van der Waals surface area contributed by atoms with Gasteiger partial charge in [-0.2, -0.15) is 5.10 Å². The lowest BCUT2D eigenvalue weighted by molar-refractivity contribution is 0.934. The van der Waals surface area contributed by atoms with Crippen molar-refractivity contribution in [3.63, 3.8) is 0 Å². The Morgan fingerprint density at radius 3 is 2.67 bits per heavy atom.